The molecule has 92 valence electrons. The van der Waals surface area contributed by atoms with Crippen molar-refractivity contribution in [1.82, 2.24) is 10.2 Å². The molecule has 2 fully saturated rings. The Hall–Kier alpha value is -0.610. The lowest BCUT2D eigenvalue weighted by Gasteiger charge is -2.29. The van der Waals surface area contributed by atoms with Crippen LogP contribution in [0.3, 0.4) is 0 Å². The minimum absolute atomic E-state index is 0.125. The number of carbonyl (C=O) groups excluding carboxylic acids is 1. The van der Waals surface area contributed by atoms with E-state index >= 15 is 0 Å². The highest BCUT2D eigenvalue weighted by molar-refractivity contribution is 5.78. The van der Waals surface area contributed by atoms with Crippen LogP contribution < -0.4 is 5.32 Å². The van der Waals surface area contributed by atoms with Crippen LogP contribution in [0.1, 0.15) is 38.5 Å². The predicted molar refractivity (Wildman–Crippen MR) is 62.1 cm³/mol. The molecular weight excluding hydrogens is 204 g/mol. The lowest BCUT2D eigenvalue weighted by atomic mass is 9.92. The van der Waals surface area contributed by atoms with Gasteiger partial charge in [0.15, 0.2) is 0 Å². The van der Waals surface area contributed by atoms with Gasteiger partial charge in [0, 0.05) is 19.1 Å². The van der Waals surface area contributed by atoms with Gasteiger partial charge in [-0.3, -0.25) is 4.79 Å². The van der Waals surface area contributed by atoms with Crippen LogP contribution >= 0.6 is 0 Å². The number of nitrogens with zero attached hydrogens (tertiary/aromatic N) is 1. The van der Waals surface area contributed by atoms with E-state index in [1.807, 2.05) is 4.90 Å². The average molecular weight is 226 g/mol. The summed E-state index contributed by atoms with van der Waals surface area (Å²) in [7, 11) is 0. The van der Waals surface area contributed by atoms with Crippen molar-refractivity contribution in [3.63, 3.8) is 0 Å². The van der Waals surface area contributed by atoms with E-state index in [9.17, 15) is 9.90 Å². The number of hydrogen-bond donors (Lipinski definition) is 2. The Morgan fingerprint density at radius 1 is 1.19 bits per heavy atom. The Labute approximate surface area is 97.0 Å². The van der Waals surface area contributed by atoms with Gasteiger partial charge in [0.1, 0.15) is 0 Å². The van der Waals surface area contributed by atoms with Crippen molar-refractivity contribution >= 4 is 5.91 Å². The molecule has 4 heteroatoms. The van der Waals surface area contributed by atoms with Crippen LogP contribution in [0, 0.1) is 0 Å². The SMILES string of the molecule is O=C(CNC1CCCCC1O)N1CCCC1. The Morgan fingerprint density at radius 3 is 2.56 bits per heavy atom. The monoisotopic (exact) mass is 226 g/mol. The summed E-state index contributed by atoms with van der Waals surface area (Å²) >= 11 is 0. The summed E-state index contributed by atoms with van der Waals surface area (Å²) in [5.41, 5.74) is 0. The predicted octanol–water partition coefficient (Wildman–Crippen LogP) is 0.502. The molecule has 1 aliphatic carbocycles. The zero-order valence-corrected chi connectivity index (χ0v) is 9.82. The maximum atomic E-state index is 11.8. The first-order valence-corrected chi connectivity index (χ1v) is 6.46. The topological polar surface area (TPSA) is 52.6 Å². The molecule has 2 unspecified atom stereocenters. The highest BCUT2D eigenvalue weighted by Crippen LogP contribution is 2.18. The number of aliphatic hydroxyl groups excluding tert-OH is 1. The number of aliphatic hydroxyl groups is 1. The molecule has 2 atom stereocenters. The van der Waals surface area contributed by atoms with Crippen molar-refractivity contribution in [2.24, 2.45) is 0 Å². The van der Waals surface area contributed by atoms with Crippen LogP contribution in [0.25, 0.3) is 0 Å². The van der Waals surface area contributed by atoms with Crippen LogP contribution in [0.5, 0.6) is 0 Å². The maximum Gasteiger partial charge on any atom is 0.236 e. The fraction of sp³-hybridized carbons (Fsp3) is 0.917. The normalized spacial score (nSPS) is 30.7. The molecule has 2 aliphatic rings. The molecule has 2 N–H and O–H groups in total. The third-order valence-electron chi connectivity index (χ3n) is 3.70. The molecule has 0 bridgehead atoms. The van der Waals surface area contributed by atoms with Crippen molar-refractivity contribution in [2.75, 3.05) is 19.6 Å². The van der Waals surface area contributed by atoms with Gasteiger partial charge in [0.05, 0.1) is 12.6 Å². The van der Waals surface area contributed by atoms with E-state index in [0.717, 1.165) is 51.6 Å². The van der Waals surface area contributed by atoms with Gasteiger partial charge >= 0.3 is 0 Å². The minimum Gasteiger partial charge on any atom is -0.392 e. The zero-order chi connectivity index (χ0) is 11.4. The van der Waals surface area contributed by atoms with Crippen molar-refractivity contribution < 1.29 is 9.90 Å². The molecule has 2 rings (SSSR count). The molecule has 4 nitrogen and oxygen atoms in total. The molecule has 0 aromatic carbocycles. The average Bonchev–Trinajstić information content (AvgIpc) is 2.81. The molecule has 1 saturated heterocycles. The third kappa shape index (κ3) is 2.95. The van der Waals surface area contributed by atoms with Crippen LogP contribution in [0.2, 0.25) is 0 Å². The summed E-state index contributed by atoms with van der Waals surface area (Å²) in [5.74, 6) is 0.190. The van der Waals surface area contributed by atoms with E-state index in [1.54, 1.807) is 0 Å². The summed E-state index contributed by atoms with van der Waals surface area (Å²) in [4.78, 5) is 13.7. The van der Waals surface area contributed by atoms with Crippen molar-refractivity contribution in [3.05, 3.63) is 0 Å². The molecule has 1 aliphatic heterocycles. The summed E-state index contributed by atoms with van der Waals surface area (Å²) in [6.45, 7) is 2.21. The molecular formula is C12H22N2O2. The molecule has 1 saturated carbocycles. The Bertz CT molecular complexity index is 239. The van der Waals surface area contributed by atoms with Crippen LogP contribution in [-0.4, -0.2) is 47.7 Å². The lowest BCUT2D eigenvalue weighted by molar-refractivity contribution is -0.129. The number of amides is 1. The van der Waals surface area contributed by atoms with Crippen molar-refractivity contribution in [1.29, 1.82) is 0 Å². The second-order valence-electron chi connectivity index (χ2n) is 4.93. The Balaban J connectivity index is 1.71. The maximum absolute atomic E-state index is 11.8. The zero-order valence-electron chi connectivity index (χ0n) is 9.82. The number of rotatable bonds is 3. The van der Waals surface area contributed by atoms with Crippen molar-refractivity contribution in [3.8, 4) is 0 Å². The largest absolute Gasteiger partial charge is 0.392 e. The smallest absolute Gasteiger partial charge is 0.236 e. The van der Waals surface area contributed by atoms with E-state index in [2.05, 4.69) is 5.32 Å². The molecule has 16 heavy (non-hydrogen) atoms. The van der Waals surface area contributed by atoms with Gasteiger partial charge in [0.2, 0.25) is 5.91 Å². The number of hydrogen-bond acceptors (Lipinski definition) is 3. The summed E-state index contributed by atoms with van der Waals surface area (Å²) < 4.78 is 0. The quantitative estimate of drug-likeness (QED) is 0.737. The minimum atomic E-state index is -0.264. The standard InChI is InChI=1S/C12H22N2O2/c15-11-6-2-1-5-10(11)13-9-12(16)14-7-3-4-8-14/h10-11,13,15H,1-9H2. The van der Waals surface area contributed by atoms with Gasteiger partial charge < -0.3 is 15.3 Å². The first-order chi connectivity index (χ1) is 7.77. The number of nitrogens with one attached hydrogen (secondary N) is 1. The van der Waals surface area contributed by atoms with E-state index in [4.69, 9.17) is 0 Å². The molecule has 0 spiro atoms. The fourth-order valence-corrected chi connectivity index (χ4v) is 2.65. The second-order valence-corrected chi connectivity index (χ2v) is 4.93. The van der Waals surface area contributed by atoms with Gasteiger partial charge in [-0.05, 0) is 25.7 Å². The highest BCUT2D eigenvalue weighted by atomic mass is 16.3. The number of likely N-dealkylation sites (tertiary alicyclic amines) is 1. The lowest BCUT2D eigenvalue weighted by Crippen LogP contribution is -2.46. The van der Waals surface area contributed by atoms with Crippen LogP contribution in [0.4, 0.5) is 0 Å². The Kier molecular flexibility index (Phi) is 4.18. The molecule has 1 heterocycles. The first kappa shape index (κ1) is 11.9. The Morgan fingerprint density at radius 2 is 1.88 bits per heavy atom. The summed E-state index contributed by atoms with van der Waals surface area (Å²) in [6.07, 6.45) is 6.14. The summed E-state index contributed by atoms with van der Waals surface area (Å²) in [5, 5.41) is 13.0. The highest BCUT2D eigenvalue weighted by Gasteiger charge is 2.24. The number of carbonyl (C=O) groups is 1. The van der Waals surface area contributed by atoms with Gasteiger partial charge in [-0.15, -0.1) is 0 Å². The first-order valence-electron chi connectivity index (χ1n) is 6.46. The molecule has 0 radical (unpaired) electrons. The van der Waals surface area contributed by atoms with E-state index in [0.29, 0.717) is 6.54 Å². The van der Waals surface area contributed by atoms with E-state index in [1.165, 1.54) is 0 Å². The van der Waals surface area contributed by atoms with Gasteiger partial charge in [-0.1, -0.05) is 12.8 Å². The van der Waals surface area contributed by atoms with Crippen LogP contribution in [-0.2, 0) is 4.79 Å². The molecule has 0 aromatic heterocycles. The molecule has 1 amide bonds. The van der Waals surface area contributed by atoms with Gasteiger partial charge in [0.25, 0.3) is 0 Å². The summed E-state index contributed by atoms with van der Waals surface area (Å²) in [6, 6.07) is 0.125. The second kappa shape index (κ2) is 5.64. The van der Waals surface area contributed by atoms with Crippen molar-refractivity contribution in [2.45, 2.75) is 50.7 Å². The van der Waals surface area contributed by atoms with Crippen LogP contribution in [0.15, 0.2) is 0 Å². The van der Waals surface area contributed by atoms with Gasteiger partial charge in [-0.25, -0.2) is 0 Å². The molecule has 0 aromatic rings. The van der Waals surface area contributed by atoms with E-state index < -0.39 is 0 Å². The van der Waals surface area contributed by atoms with Gasteiger partial charge in [-0.2, -0.15) is 0 Å². The van der Waals surface area contributed by atoms with E-state index in [-0.39, 0.29) is 18.1 Å². The fourth-order valence-electron chi connectivity index (χ4n) is 2.65. The third-order valence-corrected chi connectivity index (χ3v) is 3.70.